The van der Waals surface area contributed by atoms with Gasteiger partial charge in [-0.3, -0.25) is 14.9 Å². The van der Waals surface area contributed by atoms with E-state index in [2.05, 4.69) is 10.6 Å². The van der Waals surface area contributed by atoms with Gasteiger partial charge in [0.2, 0.25) is 0 Å². The Hall–Kier alpha value is -2.44. The molecule has 1 aromatic rings. The molecule has 3 rings (SSSR count). The summed E-state index contributed by atoms with van der Waals surface area (Å²) in [5, 5.41) is 4.73. The van der Waals surface area contributed by atoms with Crippen LogP contribution >= 0.6 is 0 Å². The number of nitrogens with one attached hydrogen (secondary N) is 2. The molecule has 2 fully saturated rings. The molecule has 0 radical (unpaired) electrons. The number of benzene rings is 1. The summed E-state index contributed by atoms with van der Waals surface area (Å²) in [6.07, 6.45) is 4.36. The molecule has 0 aromatic heterocycles. The number of halogens is 1. The molecule has 0 bridgehead atoms. The van der Waals surface area contributed by atoms with E-state index in [9.17, 15) is 18.8 Å². The molecule has 2 aliphatic rings. The molecule has 25 heavy (non-hydrogen) atoms. The zero-order valence-electron chi connectivity index (χ0n) is 13.8. The lowest BCUT2D eigenvalue weighted by Gasteiger charge is -2.27. The normalized spacial score (nSPS) is 18.4. The van der Waals surface area contributed by atoms with E-state index in [0.29, 0.717) is 18.4 Å². The first-order valence-corrected chi connectivity index (χ1v) is 8.54. The highest BCUT2D eigenvalue weighted by atomic mass is 19.1. The minimum absolute atomic E-state index is 0.123. The minimum Gasteiger partial charge on any atom is -0.455 e. The molecule has 1 aromatic carbocycles. The van der Waals surface area contributed by atoms with Crippen LogP contribution < -0.4 is 10.6 Å². The predicted octanol–water partition coefficient (Wildman–Crippen LogP) is 2.17. The maximum atomic E-state index is 14.2. The number of imide groups is 1. The van der Waals surface area contributed by atoms with Crippen LogP contribution in [0.1, 0.15) is 44.1 Å². The molecule has 2 N–H and O–H groups in total. The Morgan fingerprint density at radius 3 is 2.48 bits per heavy atom. The Morgan fingerprint density at radius 1 is 1.16 bits per heavy atom. The van der Waals surface area contributed by atoms with Gasteiger partial charge in [-0.05, 0) is 31.7 Å². The Bertz CT molecular complexity index is 681. The smallest absolute Gasteiger partial charge is 0.321 e. The molecule has 3 amide bonds. The van der Waals surface area contributed by atoms with Crippen LogP contribution in [0.3, 0.4) is 0 Å². The van der Waals surface area contributed by atoms with Crippen LogP contribution in [-0.4, -0.2) is 30.6 Å². The van der Waals surface area contributed by atoms with Gasteiger partial charge < -0.3 is 10.1 Å². The van der Waals surface area contributed by atoms with Gasteiger partial charge in [-0.25, -0.2) is 9.18 Å². The molecule has 6 nitrogen and oxygen atoms in total. The SMILES string of the molecule is O=C(COC(=O)C1(c2ccccc2F)CCCC1)NC(=O)NC1CC1. The number of urea groups is 1. The van der Waals surface area contributed by atoms with Crippen LogP contribution in [0.15, 0.2) is 24.3 Å². The van der Waals surface area contributed by atoms with Crippen molar-refractivity contribution in [2.45, 2.75) is 50.0 Å². The van der Waals surface area contributed by atoms with Gasteiger partial charge in [-0.15, -0.1) is 0 Å². The summed E-state index contributed by atoms with van der Waals surface area (Å²) >= 11 is 0. The van der Waals surface area contributed by atoms with Crippen molar-refractivity contribution in [1.29, 1.82) is 0 Å². The molecule has 2 saturated carbocycles. The average molecular weight is 348 g/mol. The highest BCUT2D eigenvalue weighted by Gasteiger charge is 2.46. The Labute approximate surface area is 145 Å². The lowest BCUT2D eigenvalue weighted by Crippen LogP contribution is -2.43. The Balaban J connectivity index is 1.61. The molecule has 0 spiro atoms. The van der Waals surface area contributed by atoms with Crippen molar-refractivity contribution >= 4 is 17.9 Å². The van der Waals surface area contributed by atoms with E-state index in [1.807, 2.05) is 0 Å². The second-order valence-electron chi connectivity index (χ2n) is 6.64. The molecule has 0 heterocycles. The third-order valence-corrected chi connectivity index (χ3v) is 4.74. The van der Waals surface area contributed by atoms with Crippen molar-refractivity contribution in [2.24, 2.45) is 0 Å². The number of hydrogen-bond donors (Lipinski definition) is 2. The summed E-state index contributed by atoms with van der Waals surface area (Å²) < 4.78 is 19.3. The fraction of sp³-hybridized carbons (Fsp3) is 0.500. The fourth-order valence-electron chi connectivity index (χ4n) is 3.29. The molecule has 2 aliphatic carbocycles. The quantitative estimate of drug-likeness (QED) is 0.799. The van der Waals surface area contributed by atoms with Crippen LogP contribution in [-0.2, 0) is 19.7 Å². The molecular formula is C18H21FN2O4. The molecule has 0 saturated heterocycles. The number of ether oxygens (including phenoxy) is 1. The van der Waals surface area contributed by atoms with Gasteiger partial charge in [0.1, 0.15) is 5.82 Å². The Morgan fingerprint density at radius 2 is 1.84 bits per heavy atom. The van der Waals surface area contributed by atoms with Crippen molar-refractivity contribution in [3.8, 4) is 0 Å². The summed E-state index contributed by atoms with van der Waals surface area (Å²) in [7, 11) is 0. The van der Waals surface area contributed by atoms with Gasteiger partial charge in [-0.2, -0.15) is 0 Å². The van der Waals surface area contributed by atoms with Crippen LogP contribution in [0.5, 0.6) is 0 Å². The van der Waals surface area contributed by atoms with Crippen molar-refractivity contribution in [3.05, 3.63) is 35.6 Å². The number of esters is 1. The van der Waals surface area contributed by atoms with Crippen LogP contribution in [0, 0.1) is 5.82 Å². The van der Waals surface area contributed by atoms with Crippen molar-refractivity contribution in [2.75, 3.05) is 6.61 Å². The van der Waals surface area contributed by atoms with Crippen molar-refractivity contribution < 1.29 is 23.5 Å². The highest BCUT2D eigenvalue weighted by molar-refractivity contribution is 5.96. The summed E-state index contributed by atoms with van der Waals surface area (Å²) in [5.41, 5.74) is -0.744. The van der Waals surface area contributed by atoms with Crippen molar-refractivity contribution in [3.63, 3.8) is 0 Å². The minimum atomic E-state index is -1.05. The molecule has 0 atom stereocenters. The zero-order chi connectivity index (χ0) is 17.9. The van der Waals surface area contributed by atoms with Crippen LogP contribution in [0.2, 0.25) is 0 Å². The van der Waals surface area contributed by atoms with Crippen LogP contribution in [0.4, 0.5) is 9.18 Å². The highest BCUT2D eigenvalue weighted by Crippen LogP contribution is 2.43. The molecule has 134 valence electrons. The van der Waals surface area contributed by atoms with Gasteiger partial charge >= 0.3 is 12.0 Å². The third-order valence-electron chi connectivity index (χ3n) is 4.74. The Kier molecular flexibility index (Phi) is 5.01. The number of carbonyl (C=O) groups is 3. The van der Waals surface area contributed by atoms with E-state index >= 15 is 0 Å². The average Bonchev–Trinajstić information content (AvgIpc) is 3.25. The van der Waals surface area contributed by atoms with Gasteiger partial charge in [0.05, 0.1) is 5.41 Å². The number of rotatable bonds is 5. The summed E-state index contributed by atoms with van der Waals surface area (Å²) in [6.45, 7) is -0.562. The lowest BCUT2D eigenvalue weighted by molar-refractivity contribution is -0.154. The van der Waals surface area contributed by atoms with E-state index < -0.39 is 35.7 Å². The standard InChI is InChI=1S/C18H21FN2O4/c19-14-6-2-1-5-13(14)18(9-3-4-10-18)16(23)25-11-15(22)21-17(24)20-12-7-8-12/h1-2,5-6,12H,3-4,7-11H2,(H2,20,21,22,24). The zero-order valence-corrected chi connectivity index (χ0v) is 13.8. The number of amides is 3. The van der Waals surface area contributed by atoms with Gasteiger partial charge in [0.25, 0.3) is 5.91 Å². The summed E-state index contributed by atoms with van der Waals surface area (Å²) in [6, 6.07) is 5.69. The topological polar surface area (TPSA) is 84.5 Å². The molecular weight excluding hydrogens is 327 g/mol. The van der Waals surface area contributed by atoms with Crippen molar-refractivity contribution in [1.82, 2.24) is 10.6 Å². The second kappa shape index (κ2) is 7.21. The molecule has 7 heteroatoms. The maximum Gasteiger partial charge on any atom is 0.321 e. The van der Waals surface area contributed by atoms with Gasteiger partial charge in [0.15, 0.2) is 6.61 Å². The predicted molar refractivity (Wildman–Crippen MR) is 87.2 cm³/mol. The molecule has 0 unspecified atom stereocenters. The summed E-state index contributed by atoms with van der Waals surface area (Å²) in [4.78, 5) is 35.9. The maximum absolute atomic E-state index is 14.2. The van der Waals surface area contributed by atoms with E-state index in [4.69, 9.17) is 4.74 Å². The van der Waals surface area contributed by atoms with E-state index in [-0.39, 0.29) is 6.04 Å². The van der Waals surface area contributed by atoms with Gasteiger partial charge in [-0.1, -0.05) is 31.0 Å². The van der Waals surface area contributed by atoms with E-state index in [1.165, 1.54) is 6.07 Å². The van der Waals surface area contributed by atoms with Crippen LogP contribution in [0.25, 0.3) is 0 Å². The van der Waals surface area contributed by atoms with Gasteiger partial charge in [0, 0.05) is 11.6 Å². The molecule has 0 aliphatic heterocycles. The number of carbonyl (C=O) groups excluding carboxylic acids is 3. The second-order valence-corrected chi connectivity index (χ2v) is 6.64. The lowest BCUT2D eigenvalue weighted by atomic mass is 9.78. The van der Waals surface area contributed by atoms with E-state index in [0.717, 1.165) is 25.7 Å². The first kappa shape index (κ1) is 17.4. The first-order valence-electron chi connectivity index (χ1n) is 8.54. The summed E-state index contributed by atoms with van der Waals surface area (Å²) in [5.74, 6) is -1.77. The first-order chi connectivity index (χ1) is 12.0. The fourth-order valence-corrected chi connectivity index (χ4v) is 3.29. The monoisotopic (exact) mass is 348 g/mol. The third kappa shape index (κ3) is 3.97. The van der Waals surface area contributed by atoms with E-state index in [1.54, 1.807) is 18.2 Å². The number of hydrogen-bond acceptors (Lipinski definition) is 4. The largest absolute Gasteiger partial charge is 0.455 e.